The minimum Gasteiger partial charge on any atom is -0.468 e. The number of benzene rings is 3. The van der Waals surface area contributed by atoms with Crippen LogP contribution in [0, 0.1) is 11.8 Å². The summed E-state index contributed by atoms with van der Waals surface area (Å²) in [7, 11) is 0.989. The number of carbonyl (C=O) groups is 3. The molecule has 2 fully saturated rings. The Kier molecular flexibility index (Phi) is 7.31. The second-order valence-corrected chi connectivity index (χ2v) is 10.6. The van der Waals surface area contributed by atoms with E-state index in [1.54, 1.807) is 0 Å². The maximum Gasteiger partial charge on any atom is 0.416 e. The molecule has 0 aromatic heterocycles. The zero-order chi connectivity index (χ0) is 30.8. The second-order valence-electron chi connectivity index (χ2n) is 9.72. The minimum absolute atomic E-state index is 0.129. The van der Waals surface area contributed by atoms with Crippen molar-refractivity contribution in [1.29, 1.82) is 0 Å². The summed E-state index contributed by atoms with van der Waals surface area (Å²) >= 11 is 12.2. The summed E-state index contributed by atoms with van der Waals surface area (Å²) in [5.41, 5.74) is -5.30. The van der Waals surface area contributed by atoms with Crippen LogP contribution in [0.1, 0.15) is 22.3 Å². The van der Waals surface area contributed by atoms with E-state index in [4.69, 9.17) is 27.9 Å². The molecule has 0 radical (unpaired) electrons. The molecule has 2 aliphatic heterocycles. The molecule has 42 heavy (non-hydrogen) atoms. The third-order valence-electron chi connectivity index (χ3n) is 7.46. The molecule has 1 N–H and O–H groups in total. The number of anilines is 1. The Balaban J connectivity index is 1.83. The number of rotatable bonds is 4. The van der Waals surface area contributed by atoms with E-state index in [0.717, 1.165) is 31.4 Å². The normalized spacial score (nSPS) is 21.9. The number of halogens is 8. The molecule has 0 unspecified atom stereocenters. The van der Waals surface area contributed by atoms with Gasteiger partial charge in [-0.3, -0.25) is 19.7 Å². The predicted octanol–water partition coefficient (Wildman–Crippen LogP) is 6.23. The number of amides is 2. The molecular formula is C28H18Cl2F6N2O4. The number of hydrogen-bond acceptors (Lipinski definition) is 5. The van der Waals surface area contributed by atoms with Crippen molar-refractivity contribution >= 4 is 46.7 Å². The molecular weight excluding hydrogens is 613 g/mol. The van der Waals surface area contributed by atoms with Crippen LogP contribution in [-0.4, -0.2) is 30.9 Å². The number of fused-ring (bicyclic) bond motifs is 1. The molecule has 2 heterocycles. The van der Waals surface area contributed by atoms with Crippen molar-refractivity contribution < 1.29 is 45.5 Å². The lowest BCUT2D eigenvalue weighted by Crippen LogP contribution is -2.52. The van der Waals surface area contributed by atoms with E-state index in [9.17, 15) is 40.7 Å². The number of esters is 1. The molecule has 6 nitrogen and oxygen atoms in total. The molecule has 2 saturated heterocycles. The fourth-order valence-electron chi connectivity index (χ4n) is 5.71. The molecule has 2 aliphatic rings. The highest BCUT2D eigenvalue weighted by Gasteiger charge is 2.68. The molecule has 14 heteroatoms. The maximum atomic E-state index is 14.2. The molecule has 5 rings (SSSR count). The Morgan fingerprint density at radius 1 is 0.857 bits per heavy atom. The second kappa shape index (κ2) is 10.3. The standard InChI is InChI=1S/C28H18Cl2F6N2O4/c1-42-25(41)22-20-21(24(40)38(23(20)39)19-9-8-17(29)12-18(19)30)26(37-22,13-4-2-6-15(10-13)27(31,32)33)14-5-3-7-16(11-14)28(34,35)36/h2-12,20-22,37H,1H3/t20-,21-,22-/m1/s1. The van der Waals surface area contributed by atoms with Crippen LogP contribution in [0.3, 0.4) is 0 Å². The van der Waals surface area contributed by atoms with E-state index in [1.165, 1.54) is 30.3 Å². The quantitative estimate of drug-likeness (QED) is 0.210. The van der Waals surface area contributed by atoms with Crippen molar-refractivity contribution in [2.24, 2.45) is 11.8 Å². The number of hydrogen-bond donors (Lipinski definition) is 1. The first-order chi connectivity index (χ1) is 19.6. The summed E-state index contributed by atoms with van der Waals surface area (Å²) in [4.78, 5) is 41.7. The molecule has 0 spiro atoms. The molecule has 0 bridgehead atoms. The zero-order valence-corrected chi connectivity index (χ0v) is 22.7. The van der Waals surface area contributed by atoms with E-state index in [2.05, 4.69) is 5.32 Å². The van der Waals surface area contributed by atoms with E-state index >= 15 is 0 Å². The van der Waals surface area contributed by atoms with Gasteiger partial charge in [-0.1, -0.05) is 47.5 Å². The predicted molar refractivity (Wildman–Crippen MR) is 139 cm³/mol. The topological polar surface area (TPSA) is 75.7 Å². The van der Waals surface area contributed by atoms with Crippen molar-refractivity contribution in [2.75, 3.05) is 12.0 Å². The van der Waals surface area contributed by atoms with Crippen molar-refractivity contribution in [2.45, 2.75) is 23.9 Å². The smallest absolute Gasteiger partial charge is 0.416 e. The number of alkyl halides is 6. The van der Waals surface area contributed by atoms with Crippen LogP contribution >= 0.6 is 23.2 Å². The summed E-state index contributed by atoms with van der Waals surface area (Å²) in [6.45, 7) is 0. The Hall–Kier alpha value is -3.61. The Morgan fingerprint density at radius 3 is 1.88 bits per heavy atom. The fourth-order valence-corrected chi connectivity index (χ4v) is 6.21. The van der Waals surface area contributed by atoms with Crippen molar-refractivity contribution in [1.82, 2.24) is 5.32 Å². The van der Waals surface area contributed by atoms with Crippen LogP contribution in [0.15, 0.2) is 66.7 Å². The van der Waals surface area contributed by atoms with Crippen LogP contribution in [-0.2, 0) is 37.0 Å². The summed E-state index contributed by atoms with van der Waals surface area (Å²) < 4.78 is 87.8. The van der Waals surface area contributed by atoms with Gasteiger partial charge in [-0.25, -0.2) is 4.90 Å². The van der Waals surface area contributed by atoms with Crippen LogP contribution in [0.25, 0.3) is 0 Å². The summed E-state index contributed by atoms with van der Waals surface area (Å²) in [5, 5.41) is 2.81. The molecule has 3 aromatic rings. The molecule has 3 atom stereocenters. The van der Waals surface area contributed by atoms with Crippen LogP contribution in [0.4, 0.5) is 32.0 Å². The van der Waals surface area contributed by atoms with Gasteiger partial charge in [0, 0.05) is 5.02 Å². The van der Waals surface area contributed by atoms with Crippen LogP contribution < -0.4 is 10.2 Å². The van der Waals surface area contributed by atoms with Gasteiger partial charge in [0.2, 0.25) is 11.8 Å². The number of nitrogens with one attached hydrogen (secondary N) is 1. The first-order valence-corrected chi connectivity index (χ1v) is 12.9. The van der Waals surface area contributed by atoms with Gasteiger partial charge < -0.3 is 4.74 Å². The number of ether oxygens (including phenoxy) is 1. The third-order valence-corrected chi connectivity index (χ3v) is 7.99. The zero-order valence-electron chi connectivity index (χ0n) is 21.2. The number of carbonyl (C=O) groups excluding carboxylic acids is 3. The average molecular weight is 631 g/mol. The Labute approximate surface area is 244 Å². The van der Waals surface area contributed by atoms with Gasteiger partial charge in [0.25, 0.3) is 0 Å². The summed E-state index contributed by atoms with van der Waals surface area (Å²) in [6.07, 6.45) is -9.74. The van der Waals surface area contributed by atoms with Gasteiger partial charge in [-0.2, -0.15) is 26.3 Å². The largest absolute Gasteiger partial charge is 0.468 e. The molecule has 2 amide bonds. The first kappa shape index (κ1) is 29.9. The Bertz CT molecular complexity index is 1550. The monoisotopic (exact) mass is 630 g/mol. The van der Waals surface area contributed by atoms with Gasteiger partial charge in [0.15, 0.2) is 0 Å². The molecule has 3 aromatic carbocycles. The van der Waals surface area contributed by atoms with Crippen molar-refractivity contribution in [3.63, 3.8) is 0 Å². The third kappa shape index (κ3) is 4.71. The summed E-state index contributed by atoms with van der Waals surface area (Å²) in [5.74, 6) is -6.33. The lowest BCUT2D eigenvalue weighted by molar-refractivity contribution is -0.145. The van der Waals surface area contributed by atoms with E-state index in [0.29, 0.717) is 17.0 Å². The van der Waals surface area contributed by atoms with Crippen LogP contribution in [0.2, 0.25) is 10.0 Å². The number of imide groups is 1. The van der Waals surface area contributed by atoms with Gasteiger partial charge in [-0.05, 0) is 53.6 Å². The van der Waals surface area contributed by atoms with E-state index < -0.39 is 64.7 Å². The highest BCUT2D eigenvalue weighted by Crippen LogP contribution is 2.54. The van der Waals surface area contributed by atoms with Crippen LogP contribution in [0.5, 0.6) is 0 Å². The van der Waals surface area contributed by atoms with Gasteiger partial charge in [0.05, 0.1) is 46.3 Å². The van der Waals surface area contributed by atoms with Gasteiger partial charge in [0.1, 0.15) is 6.04 Å². The van der Waals surface area contributed by atoms with E-state index in [1.807, 2.05) is 0 Å². The lowest BCUT2D eigenvalue weighted by Gasteiger charge is -2.37. The lowest BCUT2D eigenvalue weighted by atomic mass is 9.71. The van der Waals surface area contributed by atoms with Gasteiger partial charge in [-0.15, -0.1) is 0 Å². The molecule has 0 saturated carbocycles. The number of methoxy groups -OCH3 is 1. The van der Waals surface area contributed by atoms with Crippen molar-refractivity contribution in [3.05, 3.63) is 99.0 Å². The maximum absolute atomic E-state index is 14.2. The van der Waals surface area contributed by atoms with E-state index in [-0.39, 0.29) is 26.9 Å². The highest BCUT2D eigenvalue weighted by molar-refractivity contribution is 6.38. The first-order valence-electron chi connectivity index (χ1n) is 12.1. The Morgan fingerprint density at radius 2 is 1.40 bits per heavy atom. The highest BCUT2D eigenvalue weighted by atomic mass is 35.5. The number of nitrogens with zero attached hydrogens (tertiary/aromatic N) is 1. The molecule has 220 valence electrons. The van der Waals surface area contributed by atoms with Gasteiger partial charge >= 0.3 is 18.3 Å². The SMILES string of the molecule is COC(=O)[C@@H]1NC(c2cccc(C(F)(F)F)c2)(c2cccc(C(F)(F)F)c2)[C@H]2C(=O)N(c3ccc(Cl)cc3Cl)C(=O)[C@@H]12. The van der Waals surface area contributed by atoms with Crippen molar-refractivity contribution in [3.8, 4) is 0 Å². The minimum atomic E-state index is -4.87. The molecule has 0 aliphatic carbocycles. The summed E-state index contributed by atoms with van der Waals surface area (Å²) in [6, 6.07) is 9.41. The fraction of sp³-hybridized carbons (Fsp3) is 0.250. The average Bonchev–Trinajstić information content (AvgIpc) is 3.42.